The van der Waals surface area contributed by atoms with Crippen LogP contribution in [0.5, 0.6) is 0 Å². The number of amides is 1. The summed E-state index contributed by atoms with van der Waals surface area (Å²) in [6.07, 6.45) is 6.45. The number of carbonyl (C=O) groups is 1. The molecule has 3 rings (SSSR count). The van der Waals surface area contributed by atoms with Crippen LogP contribution in [0, 0.1) is 18.3 Å². The number of nitrogens with one attached hydrogen (secondary N) is 2. The molecule has 1 aliphatic heterocycles. The normalized spacial score (nSPS) is 23.0. The zero-order valence-electron chi connectivity index (χ0n) is 19.4. The van der Waals surface area contributed by atoms with E-state index in [9.17, 15) is 4.79 Å². The number of halogens is 1. The Morgan fingerprint density at radius 2 is 1.84 bits per heavy atom. The van der Waals surface area contributed by atoms with E-state index in [1.165, 1.54) is 11.1 Å². The van der Waals surface area contributed by atoms with E-state index in [0.29, 0.717) is 12.5 Å². The Kier molecular flexibility index (Phi) is 10.1. The molecule has 0 radical (unpaired) electrons. The number of aliphatic imine (C=N–C) groups is 1. The van der Waals surface area contributed by atoms with Gasteiger partial charge in [0.05, 0.1) is 11.5 Å². The van der Waals surface area contributed by atoms with Gasteiger partial charge >= 0.3 is 0 Å². The highest BCUT2D eigenvalue weighted by Gasteiger charge is 2.42. The van der Waals surface area contributed by atoms with Crippen molar-refractivity contribution in [3.05, 3.63) is 35.4 Å². The molecule has 2 fully saturated rings. The maximum absolute atomic E-state index is 12.8. The Morgan fingerprint density at radius 1 is 1.16 bits per heavy atom. The molecule has 0 spiro atoms. The van der Waals surface area contributed by atoms with Gasteiger partial charge < -0.3 is 20.3 Å². The second-order valence-corrected chi connectivity index (χ2v) is 9.10. The van der Waals surface area contributed by atoms with Gasteiger partial charge in [0.1, 0.15) is 0 Å². The van der Waals surface area contributed by atoms with E-state index >= 15 is 0 Å². The molecule has 1 aromatic rings. The van der Waals surface area contributed by atoms with Crippen LogP contribution in [0.4, 0.5) is 0 Å². The minimum atomic E-state index is -0.306. The summed E-state index contributed by atoms with van der Waals surface area (Å²) in [5.41, 5.74) is 2.21. The summed E-state index contributed by atoms with van der Waals surface area (Å²) in [6, 6.07) is 8.67. The monoisotopic (exact) mass is 542 g/mol. The maximum atomic E-state index is 12.8. The molecule has 1 aliphatic carbocycles. The smallest absolute Gasteiger partial charge is 0.230 e. The molecule has 1 aromatic carbocycles. The molecule has 6 nitrogen and oxygen atoms in total. The van der Waals surface area contributed by atoms with Gasteiger partial charge in [-0.1, -0.05) is 42.7 Å². The van der Waals surface area contributed by atoms with Gasteiger partial charge in [0, 0.05) is 46.8 Å². The molecule has 31 heavy (non-hydrogen) atoms. The van der Waals surface area contributed by atoms with Crippen LogP contribution < -0.4 is 10.6 Å². The Morgan fingerprint density at radius 3 is 2.45 bits per heavy atom. The van der Waals surface area contributed by atoms with Crippen LogP contribution in [0.15, 0.2) is 29.3 Å². The van der Waals surface area contributed by atoms with Gasteiger partial charge in [0.15, 0.2) is 5.96 Å². The van der Waals surface area contributed by atoms with Crippen molar-refractivity contribution in [1.82, 2.24) is 15.5 Å². The van der Waals surface area contributed by atoms with Gasteiger partial charge in [0.2, 0.25) is 5.91 Å². The lowest BCUT2D eigenvalue weighted by Gasteiger charge is -2.34. The fourth-order valence-corrected chi connectivity index (χ4v) is 4.87. The predicted octanol–water partition coefficient (Wildman–Crippen LogP) is 3.89. The third-order valence-electron chi connectivity index (χ3n) is 6.62. The molecule has 1 saturated heterocycles. The average Bonchev–Trinajstić information content (AvgIpc) is 3.24. The third kappa shape index (κ3) is 6.57. The topological polar surface area (TPSA) is 66.0 Å². The molecule has 174 valence electrons. The number of aryl methyl sites for hydroxylation is 1. The third-order valence-corrected chi connectivity index (χ3v) is 6.62. The van der Waals surface area contributed by atoms with E-state index in [-0.39, 0.29) is 41.4 Å². The Hall–Kier alpha value is -1.35. The molecule has 1 saturated carbocycles. The van der Waals surface area contributed by atoms with Crippen molar-refractivity contribution in [3.63, 3.8) is 0 Å². The largest absolute Gasteiger partial charge is 0.373 e. The van der Waals surface area contributed by atoms with Crippen molar-refractivity contribution in [2.75, 3.05) is 40.8 Å². The van der Waals surface area contributed by atoms with Crippen molar-refractivity contribution < 1.29 is 9.53 Å². The van der Waals surface area contributed by atoms with Crippen molar-refractivity contribution in [2.45, 2.75) is 51.6 Å². The molecular formula is C24H39IN4O2. The molecular weight excluding hydrogens is 503 g/mol. The SMILES string of the molecule is CN=C(NCC1CCCOC1c1ccc(C)cc1)NCC1(C(=O)N(C)C)CCCC1.I. The first-order valence-corrected chi connectivity index (χ1v) is 11.3. The lowest BCUT2D eigenvalue weighted by molar-refractivity contribution is -0.138. The molecule has 1 heterocycles. The second-order valence-electron chi connectivity index (χ2n) is 9.10. The minimum Gasteiger partial charge on any atom is -0.373 e. The molecule has 2 N–H and O–H groups in total. The van der Waals surface area contributed by atoms with Crippen molar-refractivity contribution in [3.8, 4) is 0 Å². The van der Waals surface area contributed by atoms with E-state index in [1.807, 2.05) is 14.1 Å². The first-order chi connectivity index (χ1) is 14.4. The highest BCUT2D eigenvalue weighted by atomic mass is 127. The van der Waals surface area contributed by atoms with Crippen LogP contribution in [0.2, 0.25) is 0 Å². The number of hydrogen-bond donors (Lipinski definition) is 2. The van der Waals surface area contributed by atoms with Crippen LogP contribution in [-0.2, 0) is 9.53 Å². The van der Waals surface area contributed by atoms with Gasteiger partial charge in [-0.2, -0.15) is 0 Å². The van der Waals surface area contributed by atoms with Crippen molar-refractivity contribution in [2.24, 2.45) is 16.3 Å². The Labute approximate surface area is 204 Å². The molecule has 1 amide bonds. The maximum Gasteiger partial charge on any atom is 0.230 e. The van der Waals surface area contributed by atoms with Crippen LogP contribution in [0.3, 0.4) is 0 Å². The average molecular weight is 543 g/mol. The first kappa shape index (κ1) is 25.9. The van der Waals surface area contributed by atoms with Gasteiger partial charge in [-0.3, -0.25) is 9.79 Å². The lowest BCUT2D eigenvalue weighted by Crippen LogP contribution is -2.50. The van der Waals surface area contributed by atoms with Gasteiger partial charge in [-0.25, -0.2) is 0 Å². The van der Waals surface area contributed by atoms with Crippen LogP contribution in [0.25, 0.3) is 0 Å². The summed E-state index contributed by atoms with van der Waals surface area (Å²) < 4.78 is 6.15. The minimum absolute atomic E-state index is 0. The second kappa shape index (κ2) is 12.0. The molecule has 2 aliphatic rings. The van der Waals surface area contributed by atoms with Gasteiger partial charge in [0.25, 0.3) is 0 Å². The fourth-order valence-electron chi connectivity index (χ4n) is 4.87. The number of rotatable bonds is 6. The number of hydrogen-bond acceptors (Lipinski definition) is 3. The number of benzene rings is 1. The fraction of sp³-hybridized carbons (Fsp3) is 0.667. The number of ether oxygens (including phenoxy) is 1. The summed E-state index contributed by atoms with van der Waals surface area (Å²) in [7, 11) is 5.49. The van der Waals surface area contributed by atoms with Crippen molar-refractivity contribution in [1.29, 1.82) is 0 Å². The van der Waals surface area contributed by atoms with E-state index in [4.69, 9.17) is 4.74 Å². The standard InChI is InChI=1S/C24H38N4O2.HI/c1-18-9-11-19(12-10-18)21-20(8-7-15-30-21)16-26-23(25-2)27-17-24(13-5-6-14-24)22(29)28(3)4;/h9-12,20-21H,5-8,13-17H2,1-4H3,(H2,25,26,27);1H. The number of carbonyl (C=O) groups excluding carboxylic acids is 1. The summed E-state index contributed by atoms with van der Waals surface area (Å²) in [5, 5.41) is 6.93. The number of nitrogens with zero attached hydrogens (tertiary/aromatic N) is 2. The van der Waals surface area contributed by atoms with Crippen LogP contribution >= 0.6 is 24.0 Å². The quantitative estimate of drug-likeness (QED) is 0.325. The van der Waals surface area contributed by atoms with Crippen molar-refractivity contribution >= 4 is 35.8 Å². The highest BCUT2D eigenvalue weighted by Crippen LogP contribution is 2.39. The Bertz CT molecular complexity index is 730. The first-order valence-electron chi connectivity index (χ1n) is 11.3. The summed E-state index contributed by atoms with van der Waals surface area (Å²) >= 11 is 0. The molecule has 0 bridgehead atoms. The summed E-state index contributed by atoms with van der Waals surface area (Å²) in [4.78, 5) is 18.9. The number of guanidine groups is 1. The molecule has 7 heteroatoms. The summed E-state index contributed by atoms with van der Waals surface area (Å²) in [5.74, 6) is 1.38. The van der Waals surface area contributed by atoms with Gasteiger partial charge in [-0.05, 0) is 38.2 Å². The zero-order valence-corrected chi connectivity index (χ0v) is 21.8. The van der Waals surface area contributed by atoms with Gasteiger partial charge in [-0.15, -0.1) is 24.0 Å². The molecule has 2 atom stereocenters. The lowest BCUT2D eigenvalue weighted by atomic mass is 9.84. The zero-order chi connectivity index (χ0) is 21.6. The van der Waals surface area contributed by atoms with E-state index in [0.717, 1.165) is 57.6 Å². The van der Waals surface area contributed by atoms with E-state index in [1.54, 1.807) is 11.9 Å². The Balaban J connectivity index is 0.00000341. The van der Waals surface area contributed by atoms with Crippen LogP contribution in [-0.4, -0.2) is 57.6 Å². The van der Waals surface area contributed by atoms with Crippen LogP contribution in [0.1, 0.15) is 55.8 Å². The molecule has 2 unspecified atom stereocenters. The predicted molar refractivity (Wildman–Crippen MR) is 137 cm³/mol. The van der Waals surface area contributed by atoms with E-state index < -0.39 is 0 Å². The molecule has 0 aromatic heterocycles. The summed E-state index contributed by atoms with van der Waals surface area (Å²) in [6.45, 7) is 4.36. The highest BCUT2D eigenvalue weighted by molar-refractivity contribution is 14.0. The van der Waals surface area contributed by atoms with E-state index in [2.05, 4.69) is 46.8 Å².